The van der Waals surface area contributed by atoms with Crippen LogP contribution in [0.1, 0.15) is 37.0 Å². The summed E-state index contributed by atoms with van der Waals surface area (Å²) in [6.07, 6.45) is 1.14. The summed E-state index contributed by atoms with van der Waals surface area (Å²) in [5.41, 5.74) is 4.27. The largest absolute Gasteiger partial charge is 0.326 e. The highest BCUT2D eigenvalue weighted by Crippen LogP contribution is 2.38. The molecule has 0 unspecified atom stereocenters. The topological polar surface area (TPSA) is 58.2 Å². The smallest absolute Gasteiger partial charge is 0.234 e. The maximum Gasteiger partial charge on any atom is 0.234 e. The zero-order valence-corrected chi connectivity index (χ0v) is 14.3. The van der Waals surface area contributed by atoms with E-state index in [9.17, 15) is 9.59 Å². The lowest BCUT2D eigenvalue weighted by Crippen LogP contribution is -2.26. The summed E-state index contributed by atoms with van der Waals surface area (Å²) < 4.78 is 0. The molecule has 1 aliphatic rings. The van der Waals surface area contributed by atoms with Crippen molar-refractivity contribution in [2.75, 3.05) is 10.6 Å². The lowest BCUT2D eigenvalue weighted by molar-refractivity contribution is -0.119. The Balaban J connectivity index is 1.64. The van der Waals surface area contributed by atoms with Crippen molar-refractivity contribution < 1.29 is 9.59 Å². The zero-order chi connectivity index (χ0) is 17.3. The molecule has 4 nitrogen and oxygen atoms in total. The number of hydrogen-bond donors (Lipinski definition) is 2. The van der Waals surface area contributed by atoms with E-state index in [0.717, 1.165) is 22.5 Å². The predicted molar refractivity (Wildman–Crippen MR) is 96.2 cm³/mol. The van der Waals surface area contributed by atoms with Crippen LogP contribution in [-0.2, 0) is 21.4 Å². The maximum absolute atomic E-state index is 12.2. The Morgan fingerprint density at radius 2 is 1.83 bits per heavy atom. The molecule has 0 bridgehead atoms. The Bertz CT molecular complexity index is 792. The second kappa shape index (κ2) is 6.11. The number of aryl methyl sites for hydroxylation is 2. The normalized spacial score (nSPS) is 14.9. The number of carbonyl (C=O) groups excluding carboxylic acids is 2. The summed E-state index contributed by atoms with van der Waals surface area (Å²) in [7, 11) is 0. The van der Waals surface area contributed by atoms with Gasteiger partial charge in [-0.2, -0.15) is 0 Å². The number of fused-ring (bicyclic) bond motifs is 1. The van der Waals surface area contributed by atoms with E-state index in [4.69, 9.17) is 0 Å². The third-order valence-corrected chi connectivity index (χ3v) is 4.55. The van der Waals surface area contributed by atoms with Crippen LogP contribution in [0.2, 0.25) is 0 Å². The molecule has 24 heavy (non-hydrogen) atoms. The monoisotopic (exact) mass is 322 g/mol. The minimum Gasteiger partial charge on any atom is -0.326 e. The molecule has 0 spiro atoms. The molecule has 2 aromatic rings. The first-order valence-corrected chi connectivity index (χ1v) is 8.17. The Kier molecular flexibility index (Phi) is 4.14. The highest BCUT2D eigenvalue weighted by Gasteiger charge is 2.38. The lowest BCUT2D eigenvalue weighted by Gasteiger charge is -2.16. The quantitative estimate of drug-likeness (QED) is 0.899. The van der Waals surface area contributed by atoms with E-state index in [1.165, 1.54) is 5.56 Å². The molecule has 0 aliphatic carbocycles. The second-order valence-electron chi connectivity index (χ2n) is 6.87. The van der Waals surface area contributed by atoms with Crippen molar-refractivity contribution in [3.05, 3.63) is 59.2 Å². The van der Waals surface area contributed by atoms with Gasteiger partial charge in [0.2, 0.25) is 11.8 Å². The van der Waals surface area contributed by atoms with Crippen molar-refractivity contribution >= 4 is 23.2 Å². The number of carbonyl (C=O) groups is 2. The van der Waals surface area contributed by atoms with Gasteiger partial charge in [-0.05, 0) is 56.5 Å². The highest BCUT2D eigenvalue weighted by molar-refractivity contribution is 6.06. The molecule has 2 amide bonds. The van der Waals surface area contributed by atoms with Gasteiger partial charge >= 0.3 is 0 Å². The van der Waals surface area contributed by atoms with Gasteiger partial charge < -0.3 is 10.6 Å². The standard InChI is InChI=1S/C20H22N2O2/c1-13-4-6-14(7-5-13)8-11-18(23)21-15-9-10-17-16(12-15)20(2,3)19(24)22-17/h4-7,9-10,12H,8,11H2,1-3H3,(H,21,23)(H,22,24). The number of rotatable bonds is 4. The SMILES string of the molecule is Cc1ccc(CCC(=O)Nc2ccc3c(c2)C(C)(C)C(=O)N3)cc1. The van der Waals surface area contributed by atoms with Crippen LogP contribution in [0.5, 0.6) is 0 Å². The molecule has 0 radical (unpaired) electrons. The van der Waals surface area contributed by atoms with Crippen molar-refractivity contribution in [2.45, 2.75) is 39.0 Å². The van der Waals surface area contributed by atoms with Gasteiger partial charge in [-0.25, -0.2) is 0 Å². The molecule has 124 valence electrons. The Labute approximate surface area is 142 Å². The molecule has 0 aromatic heterocycles. The molecule has 1 heterocycles. The third kappa shape index (κ3) is 3.18. The molecular formula is C20H22N2O2. The first kappa shape index (κ1) is 16.2. The molecule has 0 saturated heterocycles. The maximum atomic E-state index is 12.2. The molecule has 0 atom stereocenters. The third-order valence-electron chi connectivity index (χ3n) is 4.55. The summed E-state index contributed by atoms with van der Waals surface area (Å²) >= 11 is 0. The summed E-state index contributed by atoms with van der Waals surface area (Å²) in [6, 6.07) is 13.8. The van der Waals surface area contributed by atoms with Crippen LogP contribution in [0.25, 0.3) is 0 Å². The van der Waals surface area contributed by atoms with Crippen LogP contribution in [0.15, 0.2) is 42.5 Å². The van der Waals surface area contributed by atoms with E-state index in [1.54, 1.807) is 0 Å². The summed E-state index contributed by atoms with van der Waals surface area (Å²) in [6.45, 7) is 5.82. The fourth-order valence-electron chi connectivity index (χ4n) is 2.89. The number of amides is 2. The van der Waals surface area contributed by atoms with Crippen molar-refractivity contribution in [1.29, 1.82) is 0 Å². The molecule has 2 N–H and O–H groups in total. The Morgan fingerprint density at radius 1 is 1.12 bits per heavy atom. The van der Waals surface area contributed by atoms with Gasteiger partial charge in [0.05, 0.1) is 5.41 Å². The number of benzene rings is 2. The average molecular weight is 322 g/mol. The zero-order valence-electron chi connectivity index (χ0n) is 14.3. The number of nitrogens with one attached hydrogen (secondary N) is 2. The second-order valence-corrected chi connectivity index (χ2v) is 6.87. The molecular weight excluding hydrogens is 300 g/mol. The summed E-state index contributed by atoms with van der Waals surface area (Å²) in [4.78, 5) is 24.2. The first-order valence-electron chi connectivity index (χ1n) is 8.17. The van der Waals surface area contributed by atoms with Gasteiger partial charge in [-0.3, -0.25) is 9.59 Å². The van der Waals surface area contributed by atoms with Gasteiger partial charge in [-0.1, -0.05) is 29.8 Å². The minimum absolute atomic E-state index is 0.0136. The fraction of sp³-hybridized carbons (Fsp3) is 0.300. The van der Waals surface area contributed by atoms with E-state index < -0.39 is 5.41 Å². The van der Waals surface area contributed by atoms with E-state index in [0.29, 0.717) is 12.8 Å². The van der Waals surface area contributed by atoms with Gasteiger partial charge in [-0.15, -0.1) is 0 Å². The van der Waals surface area contributed by atoms with Gasteiger partial charge in [0.15, 0.2) is 0 Å². The number of anilines is 2. The van der Waals surface area contributed by atoms with Gasteiger partial charge in [0, 0.05) is 17.8 Å². The number of hydrogen-bond acceptors (Lipinski definition) is 2. The molecule has 0 fully saturated rings. The van der Waals surface area contributed by atoms with E-state index >= 15 is 0 Å². The highest BCUT2D eigenvalue weighted by atomic mass is 16.2. The van der Waals surface area contributed by atoms with E-state index in [-0.39, 0.29) is 11.8 Å². The van der Waals surface area contributed by atoms with Gasteiger partial charge in [0.1, 0.15) is 0 Å². The fourth-order valence-corrected chi connectivity index (χ4v) is 2.89. The Hall–Kier alpha value is -2.62. The lowest BCUT2D eigenvalue weighted by atomic mass is 9.86. The van der Waals surface area contributed by atoms with Crippen LogP contribution >= 0.6 is 0 Å². The predicted octanol–water partition coefficient (Wildman–Crippen LogP) is 3.80. The summed E-state index contributed by atoms with van der Waals surface area (Å²) in [5.74, 6) is -0.0361. The Morgan fingerprint density at radius 3 is 2.54 bits per heavy atom. The van der Waals surface area contributed by atoms with Crippen molar-refractivity contribution in [1.82, 2.24) is 0 Å². The van der Waals surface area contributed by atoms with Gasteiger partial charge in [0.25, 0.3) is 0 Å². The van der Waals surface area contributed by atoms with Crippen LogP contribution in [0.4, 0.5) is 11.4 Å². The van der Waals surface area contributed by atoms with Crippen LogP contribution in [0, 0.1) is 6.92 Å². The van der Waals surface area contributed by atoms with Crippen LogP contribution in [0.3, 0.4) is 0 Å². The van der Waals surface area contributed by atoms with Crippen LogP contribution in [-0.4, -0.2) is 11.8 Å². The van der Waals surface area contributed by atoms with Crippen molar-refractivity contribution in [2.24, 2.45) is 0 Å². The molecule has 2 aromatic carbocycles. The van der Waals surface area contributed by atoms with E-state index in [2.05, 4.69) is 34.9 Å². The summed E-state index contributed by atoms with van der Waals surface area (Å²) in [5, 5.41) is 5.80. The van der Waals surface area contributed by atoms with E-state index in [1.807, 2.05) is 39.0 Å². The first-order chi connectivity index (χ1) is 11.4. The van der Waals surface area contributed by atoms with Crippen molar-refractivity contribution in [3.63, 3.8) is 0 Å². The van der Waals surface area contributed by atoms with Crippen LogP contribution < -0.4 is 10.6 Å². The molecule has 3 rings (SSSR count). The molecule has 0 saturated carbocycles. The minimum atomic E-state index is -0.571. The van der Waals surface area contributed by atoms with Crippen molar-refractivity contribution in [3.8, 4) is 0 Å². The molecule has 4 heteroatoms. The average Bonchev–Trinajstić information content (AvgIpc) is 2.77. The molecule has 1 aliphatic heterocycles.